The predicted molar refractivity (Wildman–Crippen MR) is 96.8 cm³/mol. The lowest BCUT2D eigenvalue weighted by molar-refractivity contribution is -0.255. The standard InChI is InChI=1S/C20H22FNO4S/c21-17-10-6-15(7-11-17)14-22(18-4-2-1-3-5-18)27(25,26)19-12-8-16(9-13-19)20(23)24/h6-13,18H,1-5,14H2,(H,23,24)/p-1. The van der Waals surface area contributed by atoms with Crippen LogP contribution < -0.4 is 5.11 Å². The zero-order valence-corrected chi connectivity index (χ0v) is 15.6. The van der Waals surface area contributed by atoms with Gasteiger partial charge in [0.15, 0.2) is 0 Å². The van der Waals surface area contributed by atoms with Gasteiger partial charge in [0.05, 0.1) is 10.9 Å². The molecule has 0 radical (unpaired) electrons. The van der Waals surface area contributed by atoms with E-state index in [1.54, 1.807) is 12.1 Å². The molecule has 27 heavy (non-hydrogen) atoms. The lowest BCUT2D eigenvalue weighted by Gasteiger charge is -2.33. The number of rotatable bonds is 6. The smallest absolute Gasteiger partial charge is 0.243 e. The molecule has 0 atom stereocenters. The van der Waals surface area contributed by atoms with Gasteiger partial charge in [-0.05, 0) is 48.2 Å². The van der Waals surface area contributed by atoms with E-state index in [1.807, 2.05) is 0 Å². The van der Waals surface area contributed by atoms with Crippen LogP contribution in [0, 0.1) is 5.82 Å². The average molecular weight is 390 g/mol. The van der Waals surface area contributed by atoms with Gasteiger partial charge in [-0.15, -0.1) is 0 Å². The molecular weight excluding hydrogens is 369 g/mol. The highest BCUT2D eigenvalue weighted by atomic mass is 32.2. The van der Waals surface area contributed by atoms with Crippen LogP contribution in [0.15, 0.2) is 53.4 Å². The molecule has 0 aromatic heterocycles. The molecule has 0 spiro atoms. The van der Waals surface area contributed by atoms with Gasteiger partial charge in [-0.2, -0.15) is 4.31 Å². The predicted octanol–water partition coefficient (Wildman–Crippen LogP) is 2.71. The Morgan fingerprint density at radius 2 is 1.59 bits per heavy atom. The van der Waals surface area contributed by atoms with E-state index < -0.39 is 16.0 Å². The van der Waals surface area contributed by atoms with Crippen LogP contribution in [0.5, 0.6) is 0 Å². The number of carbonyl (C=O) groups excluding carboxylic acids is 1. The second-order valence-electron chi connectivity index (χ2n) is 6.78. The van der Waals surface area contributed by atoms with Gasteiger partial charge in [-0.3, -0.25) is 0 Å². The van der Waals surface area contributed by atoms with Gasteiger partial charge in [0.2, 0.25) is 10.0 Å². The summed E-state index contributed by atoms with van der Waals surface area (Å²) in [5.74, 6) is -1.72. The van der Waals surface area contributed by atoms with Gasteiger partial charge in [0.1, 0.15) is 5.82 Å². The number of sulfonamides is 1. The molecule has 2 aromatic rings. The third-order valence-electron chi connectivity index (χ3n) is 4.93. The minimum absolute atomic E-state index is 0.0418. The average Bonchev–Trinajstić information content (AvgIpc) is 2.68. The van der Waals surface area contributed by atoms with Crippen LogP contribution >= 0.6 is 0 Å². The Morgan fingerprint density at radius 1 is 1.00 bits per heavy atom. The summed E-state index contributed by atoms with van der Waals surface area (Å²) in [5.41, 5.74) is 0.633. The van der Waals surface area contributed by atoms with E-state index in [0.717, 1.165) is 32.1 Å². The van der Waals surface area contributed by atoms with Crippen molar-refractivity contribution in [2.45, 2.75) is 49.6 Å². The quantitative estimate of drug-likeness (QED) is 0.760. The summed E-state index contributed by atoms with van der Waals surface area (Å²) >= 11 is 0. The molecule has 1 aliphatic carbocycles. The molecule has 0 N–H and O–H groups in total. The summed E-state index contributed by atoms with van der Waals surface area (Å²) in [6.07, 6.45) is 4.56. The maximum Gasteiger partial charge on any atom is 0.243 e. The molecule has 0 saturated heterocycles. The Kier molecular flexibility index (Phi) is 5.92. The fraction of sp³-hybridized carbons (Fsp3) is 0.350. The lowest BCUT2D eigenvalue weighted by atomic mass is 9.95. The highest BCUT2D eigenvalue weighted by Gasteiger charge is 2.32. The molecule has 0 bridgehead atoms. The Bertz CT molecular complexity index is 889. The van der Waals surface area contributed by atoms with Gasteiger partial charge >= 0.3 is 0 Å². The van der Waals surface area contributed by atoms with Crippen LogP contribution in [0.2, 0.25) is 0 Å². The Labute approximate surface area is 158 Å². The minimum Gasteiger partial charge on any atom is -0.545 e. The highest BCUT2D eigenvalue weighted by molar-refractivity contribution is 7.89. The van der Waals surface area contributed by atoms with Crippen LogP contribution in [0.25, 0.3) is 0 Å². The fourth-order valence-corrected chi connectivity index (χ4v) is 5.12. The van der Waals surface area contributed by atoms with Gasteiger partial charge in [0.25, 0.3) is 0 Å². The number of hydrogen-bond acceptors (Lipinski definition) is 4. The summed E-state index contributed by atoms with van der Waals surface area (Å²) in [5, 5.41) is 10.9. The van der Waals surface area contributed by atoms with E-state index in [2.05, 4.69) is 0 Å². The molecule has 7 heteroatoms. The van der Waals surface area contributed by atoms with E-state index in [1.165, 1.54) is 40.7 Å². The van der Waals surface area contributed by atoms with Gasteiger partial charge < -0.3 is 9.90 Å². The first kappa shape index (κ1) is 19.5. The van der Waals surface area contributed by atoms with Crippen LogP contribution in [-0.2, 0) is 16.6 Å². The van der Waals surface area contributed by atoms with Crippen molar-refractivity contribution >= 4 is 16.0 Å². The molecular formula is C20H21FNO4S-. The van der Waals surface area contributed by atoms with Crippen molar-refractivity contribution in [1.82, 2.24) is 4.31 Å². The lowest BCUT2D eigenvalue weighted by Crippen LogP contribution is -2.40. The molecule has 3 rings (SSSR count). The van der Waals surface area contributed by atoms with Crippen molar-refractivity contribution in [1.29, 1.82) is 0 Å². The van der Waals surface area contributed by atoms with Crippen LogP contribution in [0.4, 0.5) is 4.39 Å². The van der Waals surface area contributed by atoms with Crippen LogP contribution in [0.3, 0.4) is 0 Å². The largest absolute Gasteiger partial charge is 0.545 e. The number of carbonyl (C=O) groups is 1. The first-order chi connectivity index (χ1) is 12.9. The number of aromatic carboxylic acids is 1. The Hall–Kier alpha value is -2.25. The summed E-state index contributed by atoms with van der Waals surface area (Å²) in [6, 6.07) is 10.7. The van der Waals surface area contributed by atoms with Crippen molar-refractivity contribution in [3.8, 4) is 0 Å². The maximum absolute atomic E-state index is 13.3. The van der Waals surface area contributed by atoms with Crippen molar-refractivity contribution in [2.75, 3.05) is 0 Å². The SMILES string of the molecule is O=C([O-])c1ccc(S(=O)(=O)N(Cc2ccc(F)cc2)C2CCCCC2)cc1. The normalized spacial score (nSPS) is 15.8. The summed E-state index contributed by atoms with van der Waals surface area (Å²) in [7, 11) is -3.83. The zero-order chi connectivity index (χ0) is 19.4. The molecule has 2 aromatic carbocycles. The third-order valence-corrected chi connectivity index (χ3v) is 6.84. The third kappa shape index (κ3) is 4.54. The van der Waals surface area contributed by atoms with Gasteiger partial charge in [-0.1, -0.05) is 43.5 Å². The van der Waals surface area contributed by atoms with Crippen LogP contribution in [-0.4, -0.2) is 24.7 Å². The summed E-state index contributed by atoms with van der Waals surface area (Å²) in [6.45, 7) is 0.148. The second kappa shape index (κ2) is 8.19. The van der Waals surface area contributed by atoms with E-state index >= 15 is 0 Å². The molecule has 0 heterocycles. The number of halogens is 1. The van der Waals surface area contributed by atoms with Crippen LogP contribution in [0.1, 0.15) is 48.0 Å². The first-order valence-corrected chi connectivity index (χ1v) is 10.4. The molecule has 5 nitrogen and oxygen atoms in total. The fourth-order valence-electron chi connectivity index (χ4n) is 3.45. The second-order valence-corrected chi connectivity index (χ2v) is 8.67. The number of carboxylic acids is 1. The number of hydrogen-bond donors (Lipinski definition) is 0. The monoisotopic (exact) mass is 390 g/mol. The summed E-state index contributed by atoms with van der Waals surface area (Å²) < 4.78 is 41.2. The topological polar surface area (TPSA) is 77.5 Å². The molecule has 0 unspecified atom stereocenters. The molecule has 144 valence electrons. The zero-order valence-electron chi connectivity index (χ0n) is 14.8. The Balaban J connectivity index is 1.94. The first-order valence-electron chi connectivity index (χ1n) is 8.95. The maximum atomic E-state index is 13.3. The number of carboxylic acid groups (broad SMARTS) is 1. The molecule has 1 fully saturated rings. The van der Waals surface area contributed by atoms with Crippen molar-refractivity contribution < 1.29 is 22.7 Å². The van der Waals surface area contributed by atoms with E-state index in [9.17, 15) is 22.7 Å². The molecule has 1 saturated carbocycles. The number of benzene rings is 2. The van der Waals surface area contributed by atoms with Gasteiger partial charge in [0, 0.05) is 12.6 Å². The minimum atomic E-state index is -3.83. The molecule has 0 aliphatic heterocycles. The highest BCUT2D eigenvalue weighted by Crippen LogP contribution is 2.29. The van der Waals surface area contributed by atoms with E-state index in [-0.39, 0.29) is 28.9 Å². The molecule has 1 aliphatic rings. The number of nitrogens with zero attached hydrogens (tertiary/aromatic N) is 1. The van der Waals surface area contributed by atoms with Crippen molar-refractivity contribution in [3.05, 3.63) is 65.5 Å². The summed E-state index contributed by atoms with van der Waals surface area (Å²) in [4.78, 5) is 11.0. The van der Waals surface area contributed by atoms with E-state index in [0.29, 0.717) is 5.56 Å². The van der Waals surface area contributed by atoms with Crippen molar-refractivity contribution in [3.63, 3.8) is 0 Å². The molecule has 0 amide bonds. The van der Waals surface area contributed by atoms with Gasteiger partial charge in [-0.25, -0.2) is 12.8 Å². The van der Waals surface area contributed by atoms with E-state index in [4.69, 9.17) is 0 Å². The Morgan fingerprint density at radius 3 is 2.15 bits per heavy atom. The van der Waals surface area contributed by atoms with Crippen molar-refractivity contribution in [2.24, 2.45) is 0 Å².